The number of piperidine rings is 2. The molecule has 0 saturated carbocycles. The molecule has 0 bridgehead atoms. The fraction of sp³-hybridized carbons (Fsp3) is 0.929. The van der Waals surface area contributed by atoms with Crippen LogP contribution in [0, 0.1) is 0 Å². The van der Waals surface area contributed by atoms with E-state index in [0.717, 1.165) is 51.7 Å². The molecule has 19 heavy (non-hydrogen) atoms. The second kappa shape index (κ2) is 5.77. The largest absolute Gasteiger partial charge is 0.389 e. The van der Waals surface area contributed by atoms with Gasteiger partial charge in [0, 0.05) is 32.1 Å². The summed E-state index contributed by atoms with van der Waals surface area (Å²) in [5, 5.41) is 9.87. The Labute approximate surface area is 114 Å². The number of aliphatic hydroxyl groups is 1. The number of hydrogen-bond donors (Lipinski definition) is 1. The quantitative estimate of drug-likeness (QED) is 0.778. The standard InChI is InChI=1S/C14H24N2O3/c17-13-10-19-9-12(13)15-7-4-11(5-8-15)16-6-2-1-3-14(16)18/h11-13,17H,1-10H2/t12-,13-/m0/s1. The molecule has 1 amide bonds. The molecule has 108 valence electrons. The van der Waals surface area contributed by atoms with Crippen LogP contribution in [0.2, 0.25) is 0 Å². The van der Waals surface area contributed by atoms with Gasteiger partial charge in [0.05, 0.1) is 25.4 Å². The van der Waals surface area contributed by atoms with Crippen LogP contribution in [-0.2, 0) is 9.53 Å². The number of carbonyl (C=O) groups excluding carboxylic acids is 1. The lowest BCUT2D eigenvalue weighted by molar-refractivity contribution is -0.137. The van der Waals surface area contributed by atoms with E-state index in [1.165, 1.54) is 0 Å². The third-order valence-corrected chi connectivity index (χ3v) is 4.79. The molecule has 0 radical (unpaired) electrons. The minimum atomic E-state index is -0.340. The van der Waals surface area contributed by atoms with Crippen LogP contribution in [0.5, 0.6) is 0 Å². The van der Waals surface area contributed by atoms with E-state index in [4.69, 9.17) is 4.74 Å². The molecule has 5 heteroatoms. The number of rotatable bonds is 2. The lowest BCUT2D eigenvalue weighted by Crippen LogP contribution is -2.53. The molecule has 2 atom stereocenters. The topological polar surface area (TPSA) is 53.0 Å². The summed E-state index contributed by atoms with van der Waals surface area (Å²) in [5.74, 6) is 0.342. The highest BCUT2D eigenvalue weighted by Crippen LogP contribution is 2.24. The number of ether oxygens (including phenoxy) is 1. The van der Waals surface area contributed by atoms with E-state index >= 15 is 0 Å². The van der Waals surface area contributed by atoms with Gasteiger partial charge in [-0.25, -0.2) is 0 Å². The fourth-order valence-corrected chi connectivity index (χ4v) is 3.62. The molecule has 0 aromatic carbocycles. The van der Waals surface area contributed by atoms with Gasteiger partial charge in [0.2, 0.25) is 5.91 Å². The van der Waals surface area contributed by atoms with Gasteiger partial charge in [-0.3, -0.25) is 9.69 Å². The molecule has 3 aliphatic heterocycles. The van der Waals surface area contributed by atoms with Gasteiger partial charge in [0.1, 0.15) is 0 Å². The van der Waals surface area contributed by atoms with E-state index in [1.54, 1.807) is 0 Å². The third-order valence-electron chi connectivity index (χ3n) is 4.79. The van der Waals surface area contributed by atoms with Crippen molar-refractivity contribution in [2.24, 2.45) is 0 Å². The van der Waals surface area contributed by atoms with Gasteiger partial charge >= 0.3 is 0 Å². The van der Waals surface area contributed by atoms with Crippen LogP contribution in [0.4, 0.5) is 0 Å². The zero-order chi connectivity index (χ0) is 13.2. The van der Waals surface area contributed by atoms with Gasteiger partial charge < -0.3 is 14.7 Å². The van der Waals surface area contributed by atoms with E-state index in [0.29, 0.717) is 25.2 Å². The number of hydrogen-bond acceptors (Lipinski definition) is 4. The monoisotopic (exact) mass is 268 g/mol. The Kier molecular flexibility index (Phi) is 4.05. The van der Waals surface area contributed by atoms with E-state index in [-0.39, 0.29) is 12.1 Å². The molecule has 0 aromatic heterocycles. The maximum atomic E-state index is 11.9. The molecular formula is C14H24N2O3. The van der Waals surface area contributed by atoms with Crippen molar-refractivity contribution in [1.29, 1.82) is 0 Å². The van der Waals surface area contributed by atoms with E-state index in [2.05, 4.69) is 9.80 Å². The van der Waals surface area contributed by atoms with Crippen LogP contribution in [0.15, 0.2) is 0 Å². The van der Waals surface area contributed by atoms with Gasteiger partial charge in [-0.2, -0.15) is 0 Å². The molecule has 0 aromatic rings. The smallest absolute Gasteiger partial charge is 0.222 e. The fourth-order valence-electron chi connectivity index (χ4n) is 3.62. The molecule has 0 spiro atoms. The van der Waals surface area contributed by atoms with Gasteiger partial charge in [0.25, 0.3) is 0 Å². The summed E-state index contributed by atoms with van der Waals surface area (Å²) in [6.45, 7) is 4.00. The summed E-state index contributed by atoms with van der Waals surface area (Å²) < 4.78 is 5.33. The van der Waals surface area contributed by atoms with Crippen molar-refractivity contribution in [2.75, 3.05) is 32.8 Å². The number of amides is 1. The average molecular weight is 268 g/mol. The summed E-state index contributed by atoms with van der Waals surface area (Å²) in [6.07, 6.45) is 4.67. The van der Waals surface area contributed by atoms with E-state index < -0.39 is 0 Å². The van der Waals surface area contributed by atoms with Crippen LogP contribution < -0.4 is 0 Å². The van der Waals surface area contributed by atoms with Crippen molar-refractivity contribution in [3.8, 4) is 0 Å². The van der Waals surface area contributed by atoms with Gasteiger partial charge in [-0.1, -0.05) is 0 Å². The van der Waals surface area contributed by atoms with Crippen LogP contribution in [0.1, 0.15) is 32.1 Å². The predicted molar refractivity (Wildman–Crippen MR) is 70.8 cm³/mol. The second-order valence-electron chi connectivity index (χ2n) is 5.98. The first-order chi connectivity index (χ1) is 9.25. The molecular weight excluding hydrogens is 244 g/mol. The minimum Gasteiger partial charge on any atom is -0.389 e. The lowest BCUT2D eigenvalue weighted by Gasteiger charge is -2.42. The molecule has 1 N–H and O–H groups in total. The van der Waals surface area contributed by atoms with Gasteiger partial charge in [0.15, 0.2) is 0 Å². The lowest BCUT2D eigenvalue weighted by atomic mass is 9.98. The second-order valence-corrected chi connectivity index (χ2v) is 5.98. The maximum absolute atomic E-state index is 11.9. The van der Waals surface area contributed by atoms with Crippen molar-refractivity contribution < 1.29 is 14.6 Å². The number of aliphatic hydroxyl groups excluding tert-OH is 1. The summed E-state index contributed by atoms with van der Waals surface area (Å²) in [4.78, 5) is 16.4. The van der Waals surface area contributed by atoms with Crippen molar-refractivity contribution >= 4 is 5.91 Å². The number of likely N-dealkylation sites (tertiary alicyclic amines) is 2. The van der Waals surface area contributed by atoms with E-state index in [1.807, 2.05) is 0 Å². The van der Waals surface area contributed by atoms with Gasteiger partial charge in [-0.15, -0.1) is 0 Å². The predicted octanol–water partition coefficient (Wildman–Crippen LogP) is 0.223. The average Bonchev–Trinajstić information content (AvgIpc) is 2.86. The van der Waals surface area contributed by atoms with Crippen LogP contribution >= 0.6 is 0 Å². The Bertz CT molecular complexity index is 329. The molecule has 3 saturated heterocycles. The van der Waals surface area contributed by atoms with Crippen molar-refractivity contribution in [3.05, 3.63) is 0 Å². The zero-order valence-corrected chi connectivity index (χ0v) is 11.5. The molecule has 5 nitrogen and oxygen atoms in total. The Morgan fingerprint density at radius 3 is 2.53 bits per heavy atom. The van der Waals surface area contributed by atoms with Crippen LogP contribution in [0.25, 0.3) is 0 Å². The summed E-state index contributed by atoms with van der Waals surface area (Å²) in [7, 11) is 0. The minimum absolute atomic E-state index is 0.165. The number of carbonyl (C=O) groups is 1. The Hall–Kier alpha value is -0.650. The summed E-state index contributed by atoms with van der Waals surface area (Å²) in [6, 6.07) is 0.585. The van der Waals surface area contributed by atoms with Crippen molar-refractivity contribution in [2.45, 2.75) is 50.3 Å². The van der Waals surface area contributed by atoms with Crippen LogP contribution in [0.3, 0.4) is 0 Å². The highest BCUT2D eigenvalue weighted by atomic mass is 16.5. The summed E-state index contributed by atoms with van der Waals surface area (Å²) >= 11 is 0. The van der Waals surface area contributed by atoms with Crippen molar-refractivity contribution in [3.63, 3.8) is 0 Å². The molecule has 0 unspecified atom stereocenters. The molecule has 0 aliphatic carbocycles. The Morgan fingerprint density at radius 1 is 1.11 bits per heavy atom. The highest BCUT2D eigenvalue weighted by molar-refractivity contribution is 5.77. The molecule has 3 aliphatic rings. The first-order valence-electron chi connectivity index (χ1n) is 7.55. The van der Waals surface area contributed by atoms with Crippen molar-refractivity contribution in [1.82, 2.24) is 9.80 Å². The Morgan fingerprint density at radius 2 is 1.89 bits per heavy atom. The summed E-state index contributed by atoms with van der Waals surface area (Å²) in [5.41, 5.74) is 0. The number of nitrogens with zero attached hydrogens (tertiary/aromatic N) is 2. The first-order valence-corrected chi connectivity index (χ1v) is 7.55. The first kappa shape index (κ1) is 13.3. The zero-order valence-electron chi connectivity index (χ0n) is 11.5. The third kappa shape index (κ3) is 2.78. The molecule has 3 rings (SSSR count). The van der Waals surface area contributed by atoms with Gasteiger partial charge in [-0.05, 0) is 25.7 Å². The van der Waals surface area contributed by atoms with E-state index in [9.17, 15) is 9.90 Å². The molecule has 3 heterocycles. The Balaban J connectivity index is 1.52. The highest BCUT2D eigenvalue weighted by Gasteiger charge is 2.36. The normalized spacial score (nSPS) is 35.0. The SMILES string of the molecule is O=C1CCCCN1C1CCN([C@H]2COC[C@@H]2O)CC1. The maximum Gasteiger partial charge on any atom is 0.222 e. The van der Waals surface area contributed by atoms with Crippen LogP contribution in [-0.4, -0.2) is 71.8 Å². The molecule has 3 fully saturated rings.